The molecule has 1 aromatic heterocycles. The van der Waals surface area contributed by atoms with Crippen molar-refractivity contribution in [2.75, 3.05) is 30.9 Å². The van der Waals surface area contributed by atoms with Crippen LogP contribution in [0.2, 0.25) is 0 Å². The van der Waals surface area contributed by atoms with E-state index in [1.807, 2.05) is 30.3 Å². The molecule has 0 radical (unpaired) electrons. The Hall–Kier alpha value is -3.28. The van der Waals surface area contributed by atoms with E-state index < -0.39 is 0 Å². The van der Waals surface area contributed by atoms with Crippen LogP contribution in [0, 0.1) is 20.8 Å². The standard InChI is InChI=1S/C22H26N4O2/c1-15-13-16(2)21(17(3)14-15)25-20-9-10-23-22(26-20)24-11-12-28-19-7-5-18(27-4)6-8-19/h5-10,13-14H,11-12H2,1-4H3,(H2,23,24,25,26). The van der Waals surface area contributed by atoms with Crippen LogP contribution in [0.4, 0.5) is 17.5 Å². The first-order valence-electron chi connectivity index (χ1n) is 9.24. The predicted molar refractivity (Wildman–Crippen MR) is 113 cm³/mol. The minimum atomic E-state index is 0.503. The van der Waals surface area contributed by atoms with E-state index in [0.717, 1.165) is 23.0 Å². The number of aromatic nitrogens is 2. The van der Waals surface area contributed by atoms with E-state index in [1.165, 1.54) is 16.7 Å². The van der Waals surface area contributed by atoms with Gasteiger partial charge in [0.2, 0.25) is 5.95 Å². The third-order valence-electron chi connectivity index (χ3n) is 4.30. The molecule has 28 heavy (non-hydrogen) atoms. The van der Waals surface area contributed by atoms with Crippen molar-refractivity contribution in [2.45, 2.75) is 20.8 Å². The number of hydrogen-bond acceptors (Lipinski definition) is 6. The number of benzene rings is 2. The van der Waals surface area contributed by atoms with Crippen molar-refractivity contribution in [1.29, 1.82) is 0 Å². The zero-order chi connectivity index (χ0) is 19.9. The van der Waals surface area contributed by atoms with Crippen molar-refractivity contribution in [3.63, 3.8) is 0 Å². The smallest absolute Gasteiger partial charge is 0.224 e. The van der Waals surface area contributed by atoms with E-state index in [9.17, 15) is 0 Å². The Labute approximate surface area is 166 Å². The van der Waals surface area contributed by atoms with E-state index in [-0.39, 0.29) is 0 Å². The van der Waals surface area contributed by atoms with Crippen LogP contribution in [0.1, 0.15) is 16.7 Å². The molecule has 2 N–H and O–H groups in total. The first kappa shape index (κ1) is 19.5. The Morgan fingerprint density at radius 1 is 0.929 bits per heavy atom. The van der Waals surface area contributed by atoms with Crippen LogP contribution in [0.25, 0.3) is 0 Å². The normalized spacial score (nSPS) is 10.4. The van der Waals surface area contributed by atoms with Gasteiger partial charge >= 0.3 is 0 Å². The minimum Gasteiger partial charge on any atom is -0.497 e. The lowest BCUT2D eigenvalue weighted by molar-refractivity contribution is 0.331. The molecule has 6 nitrogen and oxygen atoms in total. The van der Waals surface area contributed by atoms with Crippen molar-refractivity contribution >= 4 is 17.5 Å². The van der Waals surface area contributed by atoms with Crippen LogP contribution in [-0.2, 0) is 0 Å². The third-order valence-corrected chi connectivity index (χ3v) is 4.30. The van der Waals surface area contributed by atoms with Crippen LogP contribution in [0.15, 0.2) is 48.7 Å². The number of methoxy groups -OCH3 is 1. The van der Waals surface area contributed by atoms with Crippen molar-refractivity contribution in [2.24, 2.45) is 0 Å². The van der Waals surface area contributed by atoms with Crippen molar-refractivity contribution in [1.82, 2.24) is 9.97 Å². The maximum absolute atomic E-state index is 5.71. The van der Waals surface area contributed by atoms with Gasteiger partial charge in [0.15, 0.2) is 0 Å². The summed E-state index contributed by atoms with van der Waals surface area (Å²) in [5.41, 5.74) is 4.72. The molecule has 0 spiro atoms. The van der Waals surface area contributed by atoms with Gasteiger partial charge in [-0.1, -0.05) is 17.7 Å². The number of rotatable bonds is 8. The molecule has 0 fully saturated rings. The molecule has 146 valence electrons. The van der Waals surface area contributed by atoms with E-state index in [1.54, 1.807) is 13.3 Å². The lowest BCUT2D eigenvalue weighted by Crippen LogP contribution is -2.13. The van der Waals surface area contributed by atoms with E-state index in [0.29, 0.717) is 19.1 Å². The first-order valence-corrected chi connectivity index (χ1v) is 9.24. The zero-order valence-electron chi connectivity index (χ0n) is 16.7. The van der Waals surface area contributed by atoms with Gasteiger partial charge in [0.1, 0.15) is 23.9 Å². The molecular formula is C22H26N4O2. The van der Waals surface area contributed by atoms with Gasteiger partial charge in [-0.05, 0) is 62.2 Å². The maximum Gasteiger partial charge on any atom is 0.224 e. The second kappa shape index (κ2) is 9.08. The van der Waals surface area contributed by atoms with Gasteiger partial charge < -0.3 is 20.1 Å². The van der Waals surface area contributed by atoms with Gasteiger partial charge in [-0.15, -0.1) is 0 Å². The fourth-order valence-electron chi connectivity index (χ4n) is 3.02. The molecule has 3 aromatic rings. The molecule has 1 heterocycles. The summed E-state index contributed by atoms with van der Waals surface area (Å²) in [5, 5.41) is 6.59. The van der Waals surface area contributed by atoms with Crippen molar-refractivity contribution in [3.05, 3.63) is 65.4 Å². The van der Waals surface area contributed by atoms with Gasteiger partial charge in [0, 0.05) is 11.9 Å². The van der Waals surface area contributed by atoms with Gasteiger partial charge in [-0.2, -0.15) is 4.98 Å². The molecule has 6 heteroatoms. The molecule has 3 rings (SSSR count). The Kier molecular flexibility index (Phi) is 6.32. The van der Waals surface area contributed by atoms with Crippen LogP contribution >= 0.6 is 0 Å². The number of nitrogens with zero attached hydrogens (tertiary/aromatic N) is 2. The second-order valence-corrected chi connectivity index (χ2v) is 6.61. The molecular weight excluding hydrogens is 352 g/mol. The maximum atomic E-state index is 5.71. The molecule has 0 aliphatic rings. The molecule has 0 bridgehead atoms. The van der Waals surface area contributed by atoms with Crippen LogP contribution in [0.3, 0.4) is 0 Å². The third kappa shape index (κ3) is 5.13. The number of hydrogen-bond donors (Lipinski definition) is 2. The number of aryl methyl sites for hydroxylation is 3. The SMILES string of the molecule is COc1ccc(OCCNc2nccc(Nc3c(C)cc(C)cc3C)n2)cc1. The molecule has 0 saturated carbocycles. The monoisotopic (exact) mass is 378 g/mol. The average Bonchev–Trinajstić information content (AvgIpc) is 2.69. The highest BCUT2D eigenvalue weighted by Crippen LogP contribution is 2.25. The zero-order valence-corrected chi connectivity index (χ0v) is 16.7. The highest BCUT2D eigenvalue weighted by molar-refractivity contribution is 5.65. The molecule has 0 unspecified atom stereocenters. The van der Waals surface area contributed by atoms with Gasteiger partial charge in [-0.3, -0.25) is 0 Å². The Morgan fingerprint density at radius 2 is 1.61 bits per heavy atom. The van der Waals surface area contributed by atoms with E-state index in [4.69, 9.17) is 9.47 Å². The Bertz CT molecular complexity index is 903. The fraction of sp³-hybridized carbons (Fsp3) is 0.273. The fourth-order valence-corrected chi connectivity index (χ4v) is 3.02. The summed E-state index contributed by atoms with van der Waals surface area (Å²) < 4.78 is 10.8. The summed E-state index contributed by atoms with van der Waals surface area (Å²) in [6.45, 7) is 7.39. The summed E-state index contributed by atoms with van der Waals surface area (Å²) in [7, 11) is 1.64. The molecule has 0 saturated heterocycles. The summed E-state index contributed by atoms with van der Waals surface area (Å²) in [5.74, 6) is 2.92. The molecule has 0 aliphatic heterocycles. The van der Waals surface area contributed by atoms with Gasteiger partial charge in [-0.25, -0.2) is 4.98 Å². The highest BCUT2D eigenvalue weighted by atomic mass is 16.5. The van der Waals surface area contributed by atoms with Gasteiger partial charge in [0.25, 0.3) is 0 Å². The van der Waals surface area contributed by atoms with Crippen molar-refractivity contribution in [3.8, 4) is 11.5 Å². The second-order valence-electron chi connectivity index (χ2n) is 6.61. The first-order chi connectivity index (χ1) is 13.5. The minimum absolute atomic E-state index is 0.503. The van der Waals surface area contributed by atoms with Gasteiger partial charge in [0.05, 0.1) is 13.7 Å². The summed E-state index contributed by atoms with van der Waals surface area (Å²) in [6, 6.07) is 13.7. The number of ether oxygens (including phenoxy) is 2. The summed E-state index contributed by atoms with van der Waals surface area (Å²) >= 11 is 0. The highest BCUT2D eigenvalue weighted by Gasteiger charge is 2.06. The molecule has 0 amide bonds. The largest absolute Gasteiger partial charge is 0.497 e. The summed E-state index contributed by atoms with van der Waals surface area (Å²) in [6.07, 6.45) is 1.74. The quantitative estimate of drug-likeness (QED) is 0.556. The molecule has 0 aliphatic carbocycles. The van der Waals surface area contributed by atoms with E-state index >= 15 is 0 Å². The number of anilines is 3. The molecule has 0 atom stereocenters. The van der Waals surface area contributed by atoms with Crippen molar-refractivity contribution < 1.29 is 9.47 Å². The van der Waals surface area contributed by atoms with Crippen LogP contribution in [0.5, 0.6) is 11.5 Å². The summed E-state index contributed by atoms with van der Waals surface area (Å²) in [4.78, 5) is 8.81. The Balaban J connectivity index is 1.55. The topological polar surface area (TPSA) is 68.3 Å². The van der Waals surface area contributed by atoms with Crippen LogP contribution in [-0.4, -0.2) is 30.2 Å². The predicted octanol–water partition coefficient (Wildman–Crippen LogP) is 4.64. The number of nitrogens with one attached hydrogen (secondary N) is 2. The van der Waals surface area contributed by atoms with Crippen LogP contribution < -0.4 is 20.1 Å². The average molecular weight is 378 g/mol. The van der Waals surface area contributed by atoms with E-state index in [2.05, 4.69) is 53.5 Å². The molecule has 2 aromatic carbocycles. The lowest BCUT2D eigenvalue weighted by Gasteiger charge is -2.14. The lowest BCUT2D eigenvalue weighted by atomic mass is 10.1. The Morgan fingerprint density at radius 3 is 2.29 bits per heavy atom.